The third-order valence-corrected chi connectivity index (χ3v) is 3.73. The molecular weight excluding hydrogens is 280 g/mol. The average molecular weight is 287 g/mol. The standard InChI is InChI=1S/C10H7F2N3OS2/c11-6-1-2-8(7(12)3-6)14-9(16)4-17-10-15-13-5-18-10/h1-3,5H,4H2,(H,14,16). The monoisotopic (exact) mass is 287 g/mol. The van der Waals surface area contributed by atoms with Crippen LogP contribution in [0.5, 0.6) is 0 Å². The van der Waals surface area contributed by atoms with Crippen molar-refractivity contribution in [2.45, 2.75) is 4.34 Å². The second-order valence-electron chi connectivity index (χ2n) is 3.17. The summed E-state index contributed by atoms with van der Waals surface area (Å²) in [5, 5.41) is 9.73. The van der Waals surface area contributed by atoms with Crippen LogP contribution in [0.15, 0.2) is 28.0 Å². The van der Waals surface area contributed by atoms with E-state index in [2.05, 4.69) is 15.5 Å². The molecule has 18 heavy (non-hydrogen) atoms. The second-order valence-corrected chi connectivity index (χ2v) is 5.22. The third kappa shape index (κ3) is 3.47. The van der Waals surface area contributed by atoms with Gasteiger partial charge < -0.3 is 5.32 Å². The number of halogens is 2. The molecule has 0 radical (unpaired) electrons. The Morgan fingerprint density at radius 2 is 2.28 bits per heavy atom. The SMILES string of the molecule is O=C(CSc1nncs1)Nc1ccc(F)cc1F. The number of aromatic nitrogens is 2. The first kappa shape index (κ1) is 12.9. The number of rotatable bonds is 4. The van der Waals surface area contributed by atoms with E-state index >= 15 is 0 Å². The first-order valence-corrected chi connectivity index (χ1v) is 6.65. The molecular formula is C10H7F2N3OS2. The molecule has 2 rings (SSSR count). The fourth-order valence-electron chi connectivity index (χ4n) is 1.13. The van der Waals surface area contributed by atoms with Gasteiger partial charge in [-0.05, 0) is 12.1 Å². The van der Waals surface area contributed by atoms with Crippen LogP contribution in [0.2, 0.25) is 0 Å². The van der Waals surface area contributed by atoms with Crippen molar-refractivity contribution in [2.24, 2.45) is 0 Å². The number of amides is 1. The Hall–Kier alpha value is -1.54. The topological polar surface area (TPSA) is 54.9 Å². The molecule has 0 saturated heterocycles. The second kappa shape index (κ2) is 5.87. The molecule has 94 valence electrons. The Balaban J connectivity index is 1.91. The number of anilines is 1. The molecule has 0 bridgehead atoms. The summed E-state index contributed by atoms with van der Waals surface area (Å²) in [5.74, 6) is -1.79. The zero-order valence-corrected chi connectivity index (χ0v) is 10.5. The number of nitrogens with zero attached hydrogens (tertiary/aromatic N) is 2. The molecule has 0 unspecified atom stereocenters. The van der Waals surface area contributed by atoms with Gasteiger partial charge in [0.15, 0.2) is 4.34 Å². The van der Waals surface area contributed by atoms with E-state index in [1.54, 1.807) is 5.51 Å². The summed E-state index contributed by atoms with van der Waals surface area (Å²) in [6, 6.07) is 2.97. The Labute approximate surface area is 109 Å². The first-order valence-electron chi connectivity index (χ1n) is 4.79. The molecule has 0 aliphatic rings. The Morgan fingerprint density at radius 1 is 1.44 bits per heavy atom. The third-order valence-electron chi connectivity index (χ3n) is 1.87. The molecule has 1 aromatic carbocycles. The van der Waals surface area contributed by atoms with Crippen LogP contribution in [-0.2, 0) is 4.79 Å². The zero-order valence-electron chi connectivity index (χ0n) is 8.89. The number of hydrogen-bond acceptors (Lipinski definition) is 5. The van der Waals surface area contributed by atoms with Crippen molar-refractivity contribution in [3.63, 3.8) is 0 Å². The first-order chi connectivity index (χ1) is 8.65. The summed E-state index contributed by atoms with van der Waals surface area (Å²) < 4.78 is 26.5. The van der Waals surface area contributed by atoms with Crippen molar-refractivity contribution in [1.82, 2.24) is 10.2 Å². The maximum Gasteiger partial charge on any atom is 0.234 e. The van der Waals surface area contributed by atoms with Crippen LogP contribution in [0.4, 0.5) is 14.5 Å². The number of benzene rings is 1. The lowest BCUT2D eigenvalue weighted by Crippen LogP contribution is -2.15. The summed E-state index contributed by atoms with van der Waals surface area (Å²) in [7, 11) is 0. The fourth-order valence-corrected chi connectivity index (χ4v) is 2.42. The summed E-state index contributed by atoms with van der Waals surface area (Å²) in [6.45, 7) is 0. The quantitative estimate of drug-likeness (QED) is 0.878. The molecule has 2 aromatic rings. The minimum atomic E-state index is -0.802. The Bertz CT molecular complexity index is 548. The summed E-state index contributed by atoms with van der Waals surface area (Å²) in [4.78, 5) is 11.5. The van der Waals surface area contributed by atoms with Crippen LogP contribution in [0.3, 0.4) is 0 Å². The van der Waals surface area contributed by atoms with E-state index in [9.17, 15) is 13.6 Å². The molecule has 0 aliphatic carbocycles. The van der Waals surface area contributed by atoms with Gasteiger partial charge in [-0.1, -0.05) is 23.1 Å². The van der Waals surface area contributed by atoms with Crippen molar-refractivity contribution in [1.29, 1.82) is 0 Å². The van der Waals surface area contributed by atoms with E-state index in [0.29, 0.717) is 10.4 Å². The lowest BCUT2D eigenvalue weighted by atomic mass is 10.3. The van der Waals surface area contributed by atoms with Gasteiger partial charge in [-0.3, -0.25) is 4.79 Å². The van der Waals surface area contributed by atoms with Gasteiger partial charge in [-0.15, -0.1) is 10.2 Å². The van der Waals surface area contributed by atoms with E-state index < -0.39 is 11.6 Å². The zero-order chi connectivity index (χ0) is 13.0. The minimum absolute atomic E-state index is 0.0423. The maximum atomic E-state index is 13.2. The van der Waals surface area contributed by atoms with Crippen LogP contribution in [0.1, 0.15) is 0 Å². The molecule has 0 spiro atoms. The normalized spacial score (nSPS) is 10.3. The molecule has 0 saturated carbocycles. The van der Waals surface area contributed by atoms with E-state index in [4.69, 9.17) is 0 Å². The lowest BCUT2D eigenvalue weighted by molar-refractivity contribution is -0.113. The van der Waals surface area contributed by atoms with Gasteiger partial charge in [-0.25, -0.2) is 8.78 Å². The van der Waals surface area contributed by atoms with Gasteiger partial charge in [-0.2, -0.15) is 0 Å². The average Bonchev–Trinajstić information content (AvgIpc) is 2.83. The Kier molecular flexibility index (Phi) is 4.21. The lowest BCUT2D eigenvalue weighted by Gasteiger charge is -2.05. The highest BCUT2D eigenvalue weighted by Crippen LogP contribution is 2.20. The predicted octanol–water partition coefficient (Wildman–Crippen LogP) is 2.55. The highest BCUT2D eigenvalue weighted by Gasteiger charge is 2.09. The number of hydrogen-bond donors (Lipinski definition) is 1. The smallest absolute Gasteiger partial charge is 0.234 e. The van der Waals surface area contributed by atoms with E-state index in [1.165, 1.54) is 29.2 Å². The van der Waals surface area contributed by atoms with Gasteiger partial charge in [0.2, 0.25) is 5.91 Å². The predicted molar refractivity (Wildman–Crippen MR) is 65.6 cm³/mol. The molecule has 8 heteroatoms. The van der Waals surface area contributed by atoms with Gasteiger partial charge in [0.05, 0.1) is 11.4 Å². The van der Waals surface area contributed by atoms with Crippen LogP contribution < -0.4 is 5.32 Å². The molecule has 4 nitrogen and oxygen atoms in total. The highest BCUT2D eigenvalue weighted by molar-refractivity contribution is 8.01. The van der Waals surface area contributed by atoms with Gasteiger partial charge >= 0.3 is 0 Å². The highest BCUT2D eigenvalue weighted by atomic mass is 32.2. The van der Waals surface area contributed by atoms with E-state index in [0.717, 1.165) is 6.07 Å². The van der Waals surface area contributed by atoms with Gasteiger partial charge in [0, 0.05) is 6.07 Å². The van der Waals surface area contributed by atoms with Crippen molar-refractivity contribution >= 4 is 34.7 Å². The van der Waals surface area contributed by atoms with Crippen molar-refractivity contribution in [3.05, 3.63) is 35.3 Å². The molecule has 1 aromatic heterocycles. The minimum Gasteiger partial charge on any atom is -0.323 e. The number of nitrogens with one attached hydrogen (secondary N) is 1. The van der Waals surface area contributed by atoms with Crippen LogP contribution >= 0.6 is 23.1 Å². The van der Waals surface area contributed by atoms with Crippen molar-refractivity contribution in [3.8, 4) is 0 Å². The fraction of sp³-hybridized carbons (Fsp3) is 0.100. The van der Waals surface area contributed by atoms with E-state index in [-0.39, 0.29) is 17.3 Å². The summed E-state index contributed by atoms with van der Waals surface area (Å²) in [5.41, 5.74) is 1.51. The largest absolute Gasteiger partial charge is 0.323 e. The molecule has 1 heterocycles. The summed E-state index contributed by atoms with van der Waals surface area (Å²) in [6.07, 6.45) is 0. The molecule has 1 N–H and O–H groups in total. The molecule has 1 amide bonds. The van der Waals surface area contributed by atoms with E-state index in [1.807, 2.05) is 0 Å². The van der Waals surface area contributed by atoms with Gasteiger partial charge in [0.1, 0.15) is 17.1 Å². The molecule has 0 aliphatic heterocycles. The number of carbonyl (C=O) groups excluding carboxylic acids is 1. The summed E-state index contributed by atoms with van der Waals surface area (Å²) >= 11 is 2.51. The number of carbonyl (C=O) groups is 1. The molecule has 0 atom stereocenters. The van der Waals surface area contributed by atoms with Crippen LogP contribution in [0.25, 0.3) is 0 Å². The Morgan fingerprint density at radius 3 is 2.94 bits per heavy atom. The van der Waals surface area contributed by atoms with Crippen molar-refractivity contribution < 1.29 is 13.6 Å². The van der Waals surface area contributed by atoms with Crippen LogP contribution in [0, 0.1) is 11.6 Å². The number of thioether (sulfide) groups is 1. The molecule has 0 fully saturated rings. The maximum absolute atomic E-state index is 13.2. The van der Waals surface area contributed by atoms with Crippen LogP contribution in [-0.4, -0.2) is 21.9 Å². The van der Waals surface area contributed by atoms with Gasteiger partial charge in [0.25, 0.3) is 0 Å². The van der Waals surface area contributed by atoms with Crippen molar-refractivity contribution in [2.75, 3.05) is 11.1 Å².